The van der Waals surface area contributed by atoms with Crippen molar-refractivity contribution in [1.82, 2.24) is 57.8 Å². The lowest BCUT2D eigenvalue weighted by Crippen LogP contribution is -2.62. The molecule has 1 aromatic carbocycles. The number of carboxylic acid groups (broad SMARTS) is 1. The predicted octanol–water partition coefficient (Wildman–Crippen LogP) is -4.10. The molecule has 0 radical (unpaired) electrons. The standard InChI is InChI=1S/C56H92N18O13/c1-6-30(2)43(52(84)71-41(54(86)87)25-35-17-11-8-12-18-35)72-49(81)38(20-14-24-64-56(60)61)68-42(77)28-65-51(83)44(32(4)75)74-53(85)45(33(5)76)73-50(82)40(26-36-27-62-29-66-36)70-48(80)39(22-21-34-15-9-7-10-16-34)69-46(78)31(3)67-47(79)37(57)19-13-23-63-55(58)59/h7,9-10,15-16,27,29-33,35,37-41,43-45,75-76H,6,8,11-14,17-26,28,57H2,1-5H3,(H,62,66)(H,65,83)(H,67,79)(H,68,77)(H,69,78)(H,70,80)(H,71,84)(H,72,81)(H,73,82)(H,74,85)(H,86,87)(H4,58,59,63)(H4,60,61,64)/t30?,31-,32+,33+,37-,38+,39-,40-,41-,43-,44-,45-/m0/s1. The van der Waals surface area contributed by atoms with Crippen LogP contribution < -0.4 is 76.5 Å². The quantitative estimate of drug-likeness (QED) is 0.0173. The summed E-state index contributed by atoms with van der Waals surface area (Å²) < 4.78 is 0. The number of guanidine groups is 2. The molecule has 1 aromatic heterocycles. The molecule has 0 bridgehead atoms. The first-order chi connectivity index (χ1) is 41.2. The normalized spacial score (nSPS) is 16.5. The molecular weight excluding hydrogens is 1130 g/mol. The van der Waals surface area contributed by atoms with Crippen molar-refractivity contribution in [2.75, 3.05) is 19.6 Å². The summed E-state index contributed by atoms with van der Waals surface area (Å²) in [7, 11) is 0. The van der Waals surface area contributed by atoms with Crippen LogP contribution in [-0.4, -0.2) is 183 Å². The fraction of sp³-hybridized carbons (Fsp3) is 0.625. The van der Waals surface area contributed by atoms with Crippen LogP contribution in [0.15, 0.2) is 52.8 Å². The molecule has 1 saturated carbocycles. The number of amides is 9. The third kappa shape index (κ3) is 26.8. The summed E-state index contributed by atoms with van der Waals surface area (Å²) >= 11 is 0. The molecule has 0 spiro atoms. The van der Waals surface area contributed by atoms with Gasteiger partial charge in [-0.1, -0.05) is 82.7 Å². The van der Waals surface area contributed by atoms with Gasteiger partial charge in [0.05, 0.1) is 31.1 Å². The van der Waals surface area contributed by atoms with Crippen molar-refractivity contribution in [1.29, 1.82) is 0 Å². The molecule has 87 heavy (non-hydrogen) atoms. The lowest BCUT2D eigenvalue weighted by atomic mass is 9.84. The van der Waals surface area contributed by atoms with Gasteiger partial charge in [-0.2, -0.15) is 0 Å². The maximum Gasteiger partial charge on any atom is 0.326 e. The Labute approximate surface area is 506 Å². The fourth-order valence-electron chi connectivity index (χ4n) is 9.45. The molecule has 1 aliphatic carbocycles. The Hall–Kier alpha value is -8.45. The van der Waals surface area contributed by atoms with E-state index >= 15 is 0 Å². The first-order valence-corrected chi connectivity index (χ1v) is 29.4. The number of hydrogen-bond acceptors (Lipinski definition) is 16. The zero-order valence-electron chi connectivity index (χ0n) is 50.2. The van der Waals surface area contributed by atoms with Crippen molar-refractivity contribution in [3.63, 3.8) is 0 Å². The number of nitrogens with zero attached hydrogens (tertiary/aromatic N) is 3. The Morgan fingerprint density at radius 3 is 1.72 bits per heavy atom. The van der Waals surface area contributed by atoms with Crippen molar-refractivity contribution in [2.24, 2.45) is 50.5 Å². The Morgan fingerprint density at radius 1 is 0.621 bits per heavy atom. The van der Waals surface area contributed by atoms with Crippen LogP contribution in [0.3, 0.4) is 0 Å². The highest BCUT2D eigenvalue weighted by molar-refractivity contribution is 5.98. The second-order valence-electron chi connectivity index (χ2n) is 22.0. The summed E-state index contributed by atoms with van der Waals surface area (Å²) in [6.45, 7) is 6.60. The number of aliphatic hydroxyl groups is 2. The van der Waals surface area contributed by atoms with Crippen LogP contribution in [0.5, 0.6) is 0 Å². The van der Waals surface area contributed by atoms with Crippen LogP contribution in [0.1, 0.15) is 123 Å². The Balaban J connectivity index is 1.77. The van der Waals surface area contributed by atoms with Crippen LogP contribution in [-0.2, 0) is 60.8 Å². The first kappa shape index (κ1) is 72.8. The highest BCUT2D eigenvalue weighted by Crippen LogP contribution is 2.27. The van der Waals surface area contributed by atoms with Gasteiger partial charge in [0.2, 0.25) is 53.2 Å². The number of carbonyl (C=O) groups is 10. The number of nitrogens with two attached hydrogens (primary N) is 5. The molecule has 23 N–H and O–H groups in total. The summed E-state index contributed by atoms with van der Waals surface area (Å²) in [5.74, 6) is -10.0. The van der Waals surface area contributed by atoms with E-state index in [1.807, 2.05) is 12.1 Å². The van der Waals surface area contributed by atoms with E-state index in [0.717, 1.165) is 51.5 Å². The lowest BCUT2D eigenvalue weighted by Gasteiger charge is -2.29. The fourth-order valence-corrected chi connectivity index (χ4v) is 9.45. The number of carbonyl (C=O) groups excluding carboxylic acids is 9. The number of rotatable bonds is 38. The highest BCUT2D eigenvalue weighted by atomic mass is 16.4. The molecule has 0 saturated heterocycles. The summed E-state index contributed by atoms with van der Waals surface area (Å²) in [6, 6.07) is -3.51. The molecule has 1 aliphatic rings. The van der Waals surface area contributed by atoms with E-state index in [1.54, 1.807) is 32.0 Å². The smallest absolute Gasteiger partial charge is 0.326 e. The van der Waals surface area contributed by atoms with Gasteiger partial charge in [-0.15, -0.1) is 0 Å². The molecule has 484 valence electrons. The molecule has 9 amide bonds. The topological polar surface area (TPSA) is 523 Å². The number of aliphatic imine (C=N–C) groups is 2. The summed E-state index contributed by atoms with van der Waals surface area (Å²) in [4.78, 5) is 151. The number of aromatic nitrogens is 2. The minimum Gasteiger partial charge on any atom is -0.480 e. The van der Waals surface area contributed by atoms with E-state index in [2.05, 4.69) is 67.8 Å². The van der Waals surface area contributed by atoms with Crippen molar-refractivity contribution in [3.8, 4) is 0 Å². The van der Waals surface area contributed by atoms with Gasteiger partial charge >= 0.3 is 5.97 Å². The summed E-state index contributed by atoms with van der Waals surface area (Å²) in [6.07, 6.45) is 5.26. The van der Waals surface area contributed by atoms with Crippen molar-refractivity contribution in [2.45, 2.75) is 191 Å². The Bertz CT molecular complexity index is 2610. The van der Waals surface area contributed by atoms with Gasteiger partial charge in [-0.05, 0) is 83.1 Å². The molecule has 31 heteroatoms. The predicted molar refractivity (Wildman–Crippen MR) is 321 cm³/mol. The van der Waals surface area contributed by atoms with Gasteiger partial charge in [0.1, 0.15) is 48.3 Å². The third-order valence-electron chi connectivity index (χ3n) is 14.7. The van der Waals surface area contributed by atoms with Gasteiger partial charge in [-0.3, -0.25) is 53.1 Å². The Morgan fingerprint density at radius 2 is 1.15 bits per heavy atom. The number of benzene rings is 1. The molecule has 31 nitrogen and oxygen atoms in total. The van der Waals surface area contributed by atoms with Crippen molar-refractivity contribution in [3.05, 3.63) is 54.1 Å². The molecule has 0 aliphatic heterocycles. The van der Waals surface area contributed by atoms with E-state index in [1.165, 1.54) is 19.4 Å². The molecule has 1 fully saturated rings. The van der Waals surface area contributed by atoms with E-state index < -0.39 is 138 Å². The van der Waals surface area contributed by atoms with Gasteiger partial charge in [0.25, 0.3) is 0 Å². The number of carboxylic acids is 1. The monoisotopic (exact) mass is 1220 g/mol. The highest BCUT2D eigenvalue weighted by Gasteiger charge is 2.37. The number of imidazole rings is 1. The number of aryl methyl sites for hydroxylation is 1. The van der Waals surface area contributed by atoms with E-state index in [-0.39, 0.29) is 75.9 Å². The van der Waals surface area contributed by atoms with Gasteiger partial charge in [0, 0.05) is 31.4 Å². The van der Waals surface area contributed by atoms with E-state index in [4.69, 9.17) is 28.7 Å². The average Bonchev–Trinajstić information content (AvgIpc) is 4.19. The van der Waals surface area contributed by atoms with Crippen LogP contribution >= 0.6 is 0 Å². The first-order valence-electron chi connectivity index (χ1n) is 29.4. The van der Waals surface area contributed by atoms with Gasteiger partial charge in [0.15, 0.2) is 11.9 Å². The third-order valence-corrected chi connectivity index (χ3v) is 14.7. The minimum atomic E-state index is -1.85. The van der Waals surface area contributed by atoms with Crippen LogP contribution in [0.25, 0.3) is 0 Å². The maximum atomic E-state index is 14.3. The van der Waals surface area contributed by atoms with Crippen LogP contribution in [0.4, 0.5) is 0 Å². The largest absolute Gasteiger partial charge is 0.480 e. The second kappa shape index (κ2) is 37.9. The van der Waals surface area contributed by atoms with E-state index in [0.29, 0.717) is 18.5 Å². The number of aliphatic carboxylic acids is 1. The molecular formula is C56H92N18O13. The number of H-pyrrole nitrogens is 1. The number of hydrogen-bond donors (Lipinski definition) is 18. The van der Waals surface area contributed by atoms with Crippen molar-refractivity contribution >= 4 is 71.1 Å². The average molecular weight is 1230 g/mol. The van der Waals surface area contributed by atoms with Crippen molar-refractivity contribution < 1.29 is 63.3 Å². The molecule has 1 unspecified atom stereocenters. The molecule has 1 heterocycles. The van der Waals surface area contributed by atoms with Crippen LogP contribution in [0.2, 0.25) is 0 Å². The number of nitrogens with one attached hydrogen (secondary N) is 10. The zero-order chi connectivity index (χ0) is 64.8. The second-order valence-corrected chi connectivity index (χ2v) is 22.0. The van der Waals surface area contributed by atoms with Crippen LogP contribution in [0, 0.1) is 11.8 Å². The van der Waals surface area contributed by atoms with E-state index in [9.17, 15) is 63.3 Å². The number of aromatic amines is 1. The maximum absolute atomic E-state index is 14.3. The summed E-state index contributed by atoms with van der Waals surface area (Å²) in [5.41, 5.74) is 28.8. The Kier molecular flexibility index (Phi) is 31.7. The molecule has 3 rings (SSSR count). The zero-order valence-corrected chi connectivity index (χ0v) is 50.2. The van der Waals surface area contributed by atoms with Gasteiger partial charge in [-0.25, -0.2) is 9.78 Å². The molecule has 12 atom stereocenters. The SMILES string of the molecule is CCC(C)[C@H](NC(=O)[C@@H](CCCN=C(N)N)NC(=O)CNC(=O)[C@@H](NC(=O)[C@@H](NC(=O)[C@H](Cc1cnc[nH]1)NC(=O)[C@H](CCc1ccccc1)NC(=O)[C@H](C)NC(=O)[C@@H](N)CCCN=C(N)N)[C@@H](C)O)[C@@H](C)O)C(=O)N[C@@H](CC1CCCCC1)C(=O)O. The summed E-state index contributed by atoms with van der Waals surface area (Å²) in [5, 5.41) is 54.2. The number of aliphatic hydroxyl groups excluding tert-OH is 2. The van der Waals surface area contributed by atoms with Gasteiger partial charge < -0.3 is 96.8 Å². The minimum absolute atomic E-state index is 0.00177. The lowest BCUT2D eigenvalue weighted by molar-refractivity contribution is -0.143. The molecule has 2 aromatic rings.